The number of aliphatic carboxylic acids is 1. The van der Waals surface area contributed by atoms with Gasteiger partial charge in [-0.3, -0.25) is 4.79 Å². The summed E-state index contributed by atoms with van der Waals surface area (Å²) in [7, 11) is 0. The number of benzene rings is 3. The van der Waals surface area contributed by atoms with Crippen molar-refractivity contribution in [1.29, 1.82) is 0 Å². The maximum absolute atomic E-state index is 13.3. The first-order valence-electron chi connectivity index (χ1n) is 13.8. The molecule has 1 saturated heterocycles. The minimum Gasteiger partial charge on any atom is -0.479 e. The lowest BCUT2D eigenvalue weighted by atomic mass is 9.98. The average molecular weight is 559 g/mol. The molecule has 2 aliphatic rings. The van der Waals surface area contributed by atoms with Crippen molar-refractivity contribution in [2.75, 3.05) is 13.2 Å². The van der Waals surface area contributed by atoms with Crippen molar-refractivity contribution in [3.8, 4) is 11.1 Å². The number of carboxylic acids is 1. The largest absolute Gasteiger partial charge is 0.479 e. The number of amides is 2. The molecule has 4 unspecified atom stereocenters. The van der Waals surface area contributed by atoms with E-state index in [4.69, 9.17) is 19.3 Å². The van der Waals surface area contributed by atoms with E-state index in [2.05, 4.69) is 22.8 Å². The molecule has 0 spiro atoms. The monoisotopic (exact) mass is 558 g/mol. The molecular weight excluding hydrogens is 524 g/mol. The molecule has 2 amide bonds. The van der Waals surface area contributed by atoms with Gasteiger partial charge in [-0.05, 0) is 47.6 Å². The zero-order valence-corrected chi connectivity index (χ0v) is 22.8. The van der Waals surface area contributed by atoms with Crippen LogP contribution in [0.4, 0.5) is 4.79 Å². The van der Waals surface area contributed by atoms with Gasteiger partial charge in [-0.15, -0.1) is 0 Å². The Hall–Kier alpha value is -4.21. The summed E-state index contributed by atoms with van der Waals surface area (Å²) >= 11 is 0. The Morgan fingerprint density at radius 3 is 2.20 bits per heavy atom. The quantitative estimate of drug-likeness (QED) is 0.322. The van der Waals surface area contributed by atoms with Crippen molar-refractivity contribution < 1.29 is 33.7 Å². The van der Waals surface area contributed by atoms with Crippen LogP contribution in [0.15, 0.2) is 78.9 Å². The lowest BCUT2D eigenvalue weighted by Crippen LogP contribution is -2.54. The Balaban J connectivity index is 1.22. The highest BCUT2D eigenvalue weighted by Gasteiger charge is 2.34. The summed E-state index contributed by atoms with van der Waals surface area (Å²) in [6.07, 6.45) is -1.82. The van der Waals surface area contributed by atoms with Gasteiger partial charge < -0.3 is 30.0 Å². The minimum absolute atomic E-state index is 0.111. The first-order valence-corrected chi connectivity index (χ1v) is 13.8. The fourth-order valence-electron chi connectivity index (χ4n) is 5.42. The molecule has 3 N–H and O–H groups in total. The second kappa shape index (κ2) is 13.0. The zero-order valence-electron chi connectivity index (χ0n) is 22.8. The minimum atomic E-state index is -1.05. The molecule has 0 aromatic heterocycles. The number of nitrogens with one attached hydrogen (secondary N) is 2. The predicted molar refractivity (Wildman–Crippen MR) is 151 cm³/mol. The van der Waals surface area contributed by atoms with Crippen LogP contribution < -0.4 is 10.6 Å². The van der Waals surface area contributed by atoms with E-state index in [-0.39, 0.29) is 25.7 Å². The number of hydrogen-bond acceptors (Lipinski definition) is 6. The van der Waals surface area contributed by atoms with E-state index in [0.717, 1.165) is 27.8 Å². The van der Waals surface area contributed by atoms with Crippen LogP contribution in [0.5, 0.6) is 0 Å². The standard InChI is InChI=1S/C32H34N2O7/c1-20(39-18-21-9-3-2-4-10-21)29(30(35)33-17-22-15-16-28(41-22)31(36)37)34-32(38)40-19-27-25-13-7-5-11-23(25)24-12-6-8-14-26(24)27/h2-14,20,22,27-29H,15-19H2,1H3,(H,33,35)(H,34,38)(H,36,37). The van der Waals surface area contributed by atoms with Crippen molar-refractivity contribution in [1.82, 2.24) is 10.6 Å². The third kappa shape index (κ3) is 6.75. The van der Waals surface area contributed by atoms with Crippen molar-refractivity contribution in [2.24, 2.45) is 0 Å². The second-order valence-electron chi connectivity index (χ2n) is 10.4. The van der Waals surface area contributed by atoms with E-state index < -0.39 is 42.3 Å². The lowest BCUT2D eigenvalue weighted by Gasteiger charge is -2.25. The summed E-state index contributed by atoms with van der Waals surface area (Å²) in [6, 6.07) is 24.6. The van der Waals surface area contributed by atoms with Crippen LogP contribution in [-0.2, 0) is 30.4 Å². The van der Waals surface area contributed by atoms with Gasteiger partial charge >= 0.3 is 12.1 Å². The number of fused-ring (bicyclic) bond motifs is 3. The summed E-state index contributed by atoms with van der Waals surface area (Å²) in [4.78, 5) is 37.5. The van der Waals surface area contributed by atoms with E-state index in [1.54, 1.807) is 6.92 Å². The van der Waals surface area contributed by atoms with Crippen LogP contribution in [0, 0.1) is 0 Å². The number of carbonyl (C=O) groups excluding carboxylic acids is 2. The smallest absolute Gasteiger partial charge is 0.407 e. The van der Waals surface area contributed by atoms with Crippen molar-refractivity contribution in [2.45, 2.75) is 56.6 Å². The third-order valence-electron chi connectivity index (χ3n) is 7.61. The number of rotatable bonds is 11. The Morgan fingerprint density at radius 1 is 0.927 bits per heavy atom. The molecule has 0 radical (unpaired) electrons. The second-order valence-corrected chi connectivity index (χ2v) is 10.4. The van der Waals surface area contributed by atoms with Crippen LogP contribution >= 0.6 is 0 Å². The highest BCUT2D eigenvalue weighted by Crippen LogP contribution is 2.44. The van der Waals surface area contributed by atoms with Crippen LogP contribution in [0.2, 0.25) is 0 Å². The molecule has 9 heteroatoms. The molecule has 41 heavy (non-hydrogen) atoms. The predicted octanol–water partition coefficient (Wildman–Crippen LogP) is 4.25. The Kier molecular flexibility index (Phi) is 8.96. The van der Waals surface area contributed by atoms with Crippen molar-refractivity contribution >= 4 is 18.0 Å². The van der Waals surface area contributed by atoms with Gasteiger partial charge in [0, 0.05) is 12.5 Å². The first-order chi connectivity index (χ1) is 19.9. The molecule has 5 rings (SSSR count). The highest BCUT2D eigenvalue weighted by molar-refractivity contribution is 5.86. The van der Waals surface area contributed by atoms with E-state index in [0.29, 0.717) is 12.8 Å². The fourth-order valence-corrected chi connectivity index (χ4v) is 5.42. The van der Waals surface area contributed by atoms with Gasteiger partial charge in [0.2, 0.25) is 5.91 Å². The summed E-state index contributed by atoms with van der Waals surface area (Å²) in [5.41, 5.74) is 5.35. The van der Waals surface area contributed by atoms with Gasteiger partial charge in [0.15, 0.2) is 6.10 Å². The van der Waals surface area contributed by atoms with Gasteiger partial charge in [-0.1, -0.05) is 78.9 Å². The van der Waals surface area contributed by atoms with Crippen molar-refractivity contribution in [3.05, 3.63) is 95.6 Å². The molecule has 1 aliphatic heterocycles. The fraction of sp³-hybridized carbons (Fsp3) is 0.344. The van der Waals surface area contributed by atoms with Crippen LogP contribution in [-0.4, -0.2) is 60.6 Å². The third-order valence-corrected chi connectivity index (χ3v) is 7.61. The molecule has 3 aromatic rings. The number of ether oxygens (including phenoxy) is 3. The van der Waals surface area contributed by atoms with Gasteiger partial charge in [0.1, 0.15) is 12.6 Å². The summed E-state index contributed by atoms with van der Waals surface area (Å²) in [5.74, 6) is -1.60. The molecule has 9 nitrogen and oxygen atoms in total. The van der Waals surface area contributed by atoms with Gasteiger partial charge in [0.05, 0.1) is 18.8 Å². The molecule has 1 heterocycles. The van der Waals surface area contributed by atoms with Crippen LogP contribution in [0.25, 0.3) is 11.1 Å². The molecule has 1 fully saturated rings. The molecule has 0 bridgehead atoms. The SMILES string of the molecule is CC(OCc1ccccc1)C(NC(=O)OCC1c2ccccc2-c2ccccc21)C(=O)NCC1CCC(C(=O)O)O1. The van der Waals surface area contributed by atoms with E-state index in [1.165, 1.54) is 0 Å². The van der Waals surface area contributed by atoms with Crippen molar-refractivity contribution in [3.63, 3.8) is 0 Å². The normalized spacial score (nSPS) is 19.0. The van der Waals surface area contributed by atoms with Crippen LogP contribution in [0.1, 0.15) is 42.4 Å². The Bertz CT molecular complexity index is 1330. The Morgan fingerprint density at radius 2 is 1.56 bits per heavy atom. The molecular formula is C32H34N2O7. The molecule has 1 aliphatic carbocycles. The topological polar surface area (TPSA) is 123 Å². The van der Waals surface area contributed by atoms with Gasteiger partial charge in [-0.2, -0.15) is 0 Å². The van der Waals surface area contributed by atoms with Gasteiger partial charge in [-0.25, -0.2) is 9.59 Å². The molecule has 4 atom stereocenters. The summed E-state index contributed by atoms with van der Waals surface area (Å²) in [5, 5.41) is 14.6. The van der Waals surface area contributed by atoms with E-state index >= 15 is 0 Å². The van der Waals surface area contributed by atoms with E-state index in [1.807, 2.05) is 66.7 Å². The highest BCUT2D eigenvalue weighted by atomic mass is 16.6. The Labute approximate surface area is 238 Å². The number of carbonyl (C=O) groups is 3. The number of alkyl carbamates (subject to hydrolysis) is 1. The lowest BCUT2D eigenvalue weighted by molar-refractivity contribution is -0.149. The van der Waals surface area contributed by atoms with E-state index in [9.17, 15) is 14.4 Å². The average Bonchev–Trinajstić information content (AvgIpc) is 3.60. The summed E-state index contributed by atoms with van der Waals surface area (Å²) < 4.78 is 17.1. The summed E-state index contributed by atoms with van der Waals surface area (Å²) in [6.45, 7) is 2.20. The number of hydrogen-bond donors (Lipinski definition) is 3. The molecule has 0 saturated carbocycles. The number of carboxylic acid groups (broad SMARTS) is 1. The first kappa shape index (κ1) is 28.3. The molecule has 3 aromatic carbocycles. The van der Waals surface area contributed by atoms with Crippen LogP contribution in [0.3, 0.4) is 0 Å². The zero-order chi connectivity index (χ0) is 28.8. The maximum atomic E-state index is 13.3. The maximum Gasteiger partial charge on any atom is 0.407 e. The molecule has 214 valence electrons. The van der Waals surface area contributed by atoms with Gasteiger partial charge in [0.25, 0.3) is 0 Å².